The van der Waals surface area contributed by atoms with E-state index >= 15 is 0 Å². The zero-order chi connectivity index (χ0) is 17.9. The number of carboxylic acids is 1. The molecule has 0 bridgehead atoms. The van der Waals surface area contributed by atoms with Crippen LogP contribution in [-0.4, -0.2) is 29.2 Å². The highest BCUT2D eigenvalue weighted by Gasteiger charge is 2.27. The molecule has 0 aromatic heterocycles. The number of aliphatic carboxylic acids is 1. The number of methoxy groups -OCH3 is 1. The number of carbonyl (C=O) groups excluding carboxylic acids is 1. The van der Waals surface area contributed by atoms with Crippen molar-refractivity contribution in [1.82, 2.24) is 5.32 Å². The lowest BCUT2D eigenvalue weighted by molar-refractivity contribution is -0.139. The van der Waals surface area contributed by atoms with Gasteiger partial charge in [0.2, 0.25) is 0 Å². The minimum absolute atomic E-state index is 0.252. The smallest absolute Gasteiger partial charge is 0.331 e. The van der Waals surface area contributed by atoms with Crippen LogP contribution in [0.25, 0.3) is 0 Å². The number of halogens is 2. The summed E-state index contributed by atoms with van der Waals surface area (Å²) in [5.41, 5.74) is -0.810. The number of carbonyl (C=O) groups is 2. The SMILES string of the molecule is COc1ccc(O)c(C(=O)NC(C(=O)O)c2cc(F)ccc2F)c1. The van der Waals surface area contributed by atoms with Crippen molar-refractivity contribution in [3.63, 3.8) is 0 Å². The highest BCUT2D eigenvalue weighted by molar-refractivity contribution is 5.99. The van der Waals surface area contributed by atoms with E-state index in [4.69, 9.17) is 4.74 Å². The van der Waals surface area contributed by atoms with E-state index in [0.717, 1.165) is 12.1 Å². The van der Waals surface area contributed by atoms with Crippen LogP contribution in [-0.2, 0) is 4.79 Å². The molecule has 0 saturated carbocycles. The first kappa shape index (κ1) is 17.2. The lowest BCUT2D eigenvalue weighted by Gasteiger charge is -2.16. The molecule has 2 aromatic rings. The first-order valence-electron chi connectivity index (χ1n) is 6.69. The number of aromatic hydroxyl groups is 1. The molecule has 24 heavy (non-hydrogen) atoms. The third kappa shape index (κ3) is 3.60. The van der Waals surface area contributed by atoms with Gasteiger partial charge in [0, 0.05) is 5.56 Å². The van der Waals surface area contributed by atoms with Gasteiger partial charge in [-0.3, -0.25) is 4.79 Å². The fraction of sp³-hybridized carbons (Fsp3) is 0.125. The number of hydrogen-bond acceptors (Lipinski definition) is 4. The van der Waals surface area contributed by atoms with Gasteiger partial charge in [-0.1, -0.05) is 0 Å². The van der Waals surface area contributed by atoms with Crippen LogP contribution in [0.4, 0.5) is 8.78 Å². The molecule has 0 radical (unpaired) electrons. The standard InChI is InChI=1S/C16H13F2NO5/c1-24-9-3-5-13(20)11(7-9)15(21)19-14(16(22)23)10-6-8(17)2-4-12(10)18/h2-7,14,20H,1H3,(H,19,21)(H,22,23). The summed E-state index contributed by atoms with van der Waals surface area (Å²) in [6.07, 6.45) is 0. The van der Waals surface area contributed by atoms with Crippen molar-refractivity contribution in [2.24, 2.45) is 0 Å². The topological polar surface area (TPSA) is 95.9 Å². The first-order chi connectivity index (χ1) is 11.3. The van der Waals surface area contributed by atoms with E-state index in [2.05, 4.69) is 0 Å². The Labute approximate surface area is 135 Å². The normalized spacial score (nSPS) is 11.6. The summed E-state index contributed by atoms with van der Waals surface area (Å²) in [6, 6.07) is 4.20. The highest BCUT2D eigenvalue weighted by Crippen LogP contribution is 2.25. The molecule has 0 aliphatic heterocycles. The van der Waals surface area contributed by atoms with E-state index in [0.29, 0.717) is 6.07 Å². The molecule has 0 saturated heterocycles. The number of phenols is 1. The third-order valence-electron chi connectivity index (χ3n) is 3.24. The van der Waals surface area contributed by atoms with Crippen LogP contribution in [0.1, 0.15) is 22.0 Å². The summed E-state index contributed by atoms with van der Waals surface area (Å²) in [7, 11) is 1.34. The quantitative estimate of drug-likeness (QED) is 0.778. The minimum atomic E-state index is -1.83. The molecule has 2 rings (SSSR count). The maximum atomic E-state index is 13.8. The fourth-order valence-electron chi connectivity index (χ4n) is 2.04. The van der Waals surface area contributed by atoms with Crippen LogP contribution >= 0.6 is 0 Å². The molecule has 0 aliphatic carbocycles. The molecular formula is C16H13F2NO5. The number of amides is 1. The van der Waals surface area contributed by atoms with Crippen molar-refractivity contribution in [1.29, 1.82) is 0 Å². The predicted octanol–water partition coefficient (Wildman–Crippen LogP) is 2.23. The summed E-state index contributed by atoms with van der Waals surface area (Å²) >= 11 is 0. The summed E-state index contributed by atoms with van der Waals surface area (Å²) < 4.78 is 32.0. The molecule has 6 nitrogen and oxygen atoms in total. The zero-order valence-corrected chi connectivity index (χ0v) is 12.4. The molecule has 1 unspecified atom stereocenters. The molecule has 1 atom stereocenters. The van der Waals surface area contributed by atoms with Crippen LogP contribution < -0.4 is 10.1 Å². The molecule has 2 aromatic carbocycles. The average Bonchev–Trinajstić information content (AvgIpc) is 2.55. The van der Waals surface area contributed by atoms with Crippen LogP contribution in [0, 0.1) is 11.6 Å². The van der Waals surface area contributed by atoms with Crippen molar-refractivity contribution in [2.45, 2.75) is 6.04 Å². The van der Waals surface area contributed by atoms with Crippen LogP contribution in [0.2, 0.25) is 0 Å². The lowest BCUT2D eigenvalue weighted by atomic mass is 10.0. The Morgan fingerprint density at radius 3 is 2.50 bits per heavy atom. The van der Waals surface area contributed by atoms with Crippen molar-refractivity contribution in [3.8, 4) is 11.5 Å². The second-order valence-corrected chi connectivity index (χ2v) is 4.79. The molecule has 126 valence electrons. The number of nitrogens with one attached hydrogen (secondary N) is 1. The molecular weight excluding hydrogens is 324 g/mol. The van der Waals surface area contributed by atoms with Gasteiger partial charge in [-0.05, 0) is 36.4 Å². The highest BCUT2D eigenvalue weighted by atomic mass is 19.1. The monoisotopic (exact) mass is 337 g/mol. The Morgan fingerprint density at radius 1 is 1.17 bits per heavy atom. The maximum Gasteiger partial charge on any atom is 0.331 e. The van der Waals surface area contributed by atoms with Gasteiger partial charge in [0.1, 0.15) is 23.1 Å². The largest absolute Gasteiger partial charge is 0.507 e. The minimum Gasteiger partial charge on any atom is -0.507 e. The molecule has 0 fully saturated rings. The van der Waals surface area contributed by atoms with Gasteiger partial charge in [0.25, 0.3) is 5.91 Å². The molecule has 0 aliphatic rings. The van der Waals surface area contributed by atoms with Crippen LogP contribution in [0.5, 0.6) is 11.5 Å². The Kier molecular flexibility index (Phi) is 4.98. The van der Waals surface area contributed by atoms with Gasteiger partial charge in [0.15, 0.2) is 6.04 Å². The molecule has 3 N–H and O–H groups in total. The lowest BCUT2D eigenvalue weighted by Crippen LogP contribution is -2.34. The van der Waals surface area contributed by atoms with E-state index in [9.17, 15) is 28.6 Å². The van der Waals surface area contributed by atoms with Crippen molar-refractivity contribution in [3.05, 3.63) is 59.2 Å². The first-order valence-corrected chi connectivity index (χ1v) is 6.69. The fourth-order valence-corrected chi connectivity index (χ4v) is 2.04. The van der Waals surface area contributed by atoms with E-state index in [1.165, 1.54) is 25.3 Å². The van der Waals surface area contributed by atoms with Gasteiger partial charge in [0.05, 0.1) is 12.7 Å². The number of benzene rings is 2. The summed E-state index contributed by atoms with van der Waals surface area (Å²) in [5.74, 6) is -4.58. The number of ether oxygens (including phenoxy) is 1. The van der Waals surface area contributed by atoms with E-state index < -0.39 is 40.9 Å². The third-order valence-corrected chi connectivity index (χ3v) is 3.24. The van der Waals surface area contributed by atoms with Gasteiger partial charge in [-0.2, -0.15) is 0 Å². The van der Waals surface area contributed by atoms with Crippen LogP contribution in [0.15, 0.2) is 36.4 Å². The van der Waals surface area contributed by atoms with E-state index in [1.807, 2.05) is 5.32 Å². The second-order valence-electron chi connectivity index (χ2n) is 4.79. The number of carboxylic acid groups (broad SMARTS) is 1. The number of phenolic OH excluding ortho intramolecular Hbond substituents is 1. The summed E-state index contributed by atoms with van der Waals surface area (Å²) in [4.78, 5) is 23.6. The molecule has 0 spiro atoms. The molecule has 0 heterocycles. The van der Waals surface area contributed by atoms with Gasteiger partial charge >= 0.3 is 5.97 Å². The average molecular weight is 337 g/mol. The molecule has 1 amide bonds. The van der Waals surface area contributed by atoms with Crippen LogP contribution in [0.3, 0.4) is 0 Å². The Hall–Kier alpha value is -3.16. The summed E-state index contributed by atoms with van der Waals surface area (Å²) in [6.45, 7) is 0. The molecule has 8 heteroatoms. The maximum absolute atomic E-state index is 13.8. The Balaban J connectivity index is 2.36. The number of rotatable bonds is 5. The Bertz CT molecular complexity index is 794. The van der Waals surface area contributed by atoms with E-state index in [1.54, 1.807) is 0 Å². The second kappa shape index (κ2) is 6.95. The van der Waals surface area contributed by atoms with Gasteiger partial charge in [-0.15, -0.1) is 0 Å². The zero-order valence-electron chi connectivity index (χ0n) is 12.4. The van der Waals surface area contributed by atoms with Gasteiger partial charge < -0.3 is 20.3 Å². The van der Waals surface area contributed by atoms with Crippen molar-refractivity contribution in [2.75, 3.05) is 7.11 Å². The van der Waals surface area contributed by atoms with E-state index in [-0.39, 0.29) is 11.3 Å². The predicted molar refractivity (Wildman–Crippen MR) is 78.9 cm³/mol. The van der Waals surface area contributed by atoms with Crippen molar-refractivity contribution < 1.29 is 33.3 Å². The van der Waals surface area contributed by atoms with Crippen molar-refractivity contribution >= 4 is 11.9 Å². The number of hydrogen-bond donors (Lipinski definition) is 3. The Morgan fingerprint density at radius 2 is 1.88 bits per heavy atom. The van der Waals surface area contributed by atoms with Gasteiger partial charge in [-0.25, -0.2) is 13.6 Å². The summed E-state index contributed by atoms with van der Waals surface area (Å²) in [5, 5.41) is 21.0.